The standard InChI is InChI=1S/C17H17Cl2NO2/c1-10-6-12(3-4-15(10)18)14-7-11(2-5-16(14)19)13(9-20)8-17(21)22/h2-7,13H,8-9,20H2,1H3,(H,21,22)/t13-/m0/s1. The lowest BCUT2D eigenvalue weighted by atomic mass is 9.92. The number of nitrogens with two attached hydrogens (primary N) is 1. The van der Waals surface area contributed by atoms with E-state index >= 15 is 0 Å². The van der Waals surface area contributed by atoms with Crippen molar-refractivity contribution in [3.63, 3.8) is 0 Å². The molecule has 3 nitrogen and oxygen atoms in total. The van der Waals surface area contributed by atoms with Crippen molar-refractivity contribution in [1.82, 2.24) is 0 Å². The highest BCUT2D eigenvalue weighted by Gasteiger charge is 2.16. The van der Waals surface area contributed by atoms with Crippen LogP contribution < -0.4 is 5.73 Å². The fraction of sp³-hybridized carbons (Fsp3) is 0.235. The molecule has 0 fully saturated rings. The van der Waals surface area contributed by atoms with Crippen LogP contribution in [0.4, 0.5) is 0 Å². The topological polar surface area (TPSA) is 63.3 Å². The summed E-state index contributed by atoms with van der Waals surface area (Å²) in [5.41, 5.74) is 9.34. The van der Waals surface area contributed by atoms with E-state index in [4.69, 9.17) is 34.0 Å². The Morgan fingerprint density at radius 1 is 1.18 bits per heavy atom. The van der Waals surface area contributed by atoms with E-state index in [1.807, 2.05) is 37.3 Å². The molecular weight excluding hydrogens is 321 g/mol. The molecule has 0 bridgehead atoms. The largest absolute Gasteiger partial charge is 0.481 e. The number of aryl methyl sites for hydroxylation is 1. The predicted octanol–water partition coefficient (Wildman–Crippen LogP) is 4.49. The van der Waals surface area contributed by atoms with Gasteiger partial charge in [-0.2, -0.15) is 0 Å². The minimum Gasteiger partial charge on any atom is -0.481 e. The van der Waals surface area contributed by atoms with E-state index in [-0.39, 0.29) is 18.9 Å². The molecule has 2 rings (SSSR count). The zero-order valence-corrected chi connectivity index (χ0v) is 13.7. The Balaban J connectivity index is 2.45. The van der Waals surface area contributed by atoms with Crippen LogP contribution in [-0.4, -0.2) is 17.6 Å². The second-order valence-electron chi connectivity index (χ2n) is 5.23. The molecule has 0 radical (unpaired) electrons. The molecule has 0 unspecified atom stereocenters. The van der Waals surface area contributed by atoms with E-state index in [2.05, 4.69) is 0 Å². The molecule has 0 aliphatic carbocycles. The number of aliphatic carboxylic acids is 1. The quantitative estimate of drug-likeness (QED) is 0.844. The summed E-state index contributed by atoms with van der Waals surface area (Å²) in [6, 6.07) is 11.2. The average molecular weight is 338 g/mol. The normalized spacial score (nSPS) is 12.2. The summed E-state index contributed by atoms with van der Waals surface area (Å²) in [6.45, 7) is 2.20. The van der Waals surface area contributed by atoms with Gasteiger partial charge in [0.05, 0.1) is 6.42 Å². The molecule has 0 aromatic heterocycles. The number of hydrogen-bond acceptors (Lipinski definition) is 2. The number of carboxylic acid groups (broad SMARTS) is 1. The zero-order valence-electron chi connectivity index (χ0n) is 12.1. The van der Waals surface area contributed by atoms with Crippen molar-refractivity contribution in [2.24, 2.45) is 5.73 Å². The summed E-state index contributed by atoms with van der Waals surface area (Å²) in [4.78, 5) is 10.9. The molecule has 0 saturated carbocycles. The number of benzene rings is 2. The van der Waals surface area contributed by atoms with E-state index in [1.54, 1.807) is 6.07 Å². The van der Waals surface area contributed by atoms with E-state index in [9.17, 15) is 4.79 Å². The highest BCUT2D eigenvalue weighted by Crippen LogP contribution is 2.33. The first kappa shape index (κ1) is 16.8. The Kier molecular flexibility index (Phi) is 5.46. The lowest BCUT2D eigenvalue weighted by Crippen LogP contribution is -2.16. The van der Waals surface area contributed by atoms with Crippen LogP contribution in [0, 0.1) is 6.92 Å². The zero-order chi connectivity index (χ0) is 16.3. The molecular formula is C17H17Cl2NO2. The number of halogens is 2. The summed E-state index contributed by atoms with van der Waals surface area (Å²) in [5, 5.41) is 10.3. The summed E-state index contributed by atoms with van der Waals surface area (Å²) >= 11 is 12.4. The van der Waals surface area contributed by atoms with Crippen molar-refractivity contribution in [1.29, 1.82) is 0 Å². The van der Waals surface area contributed by atoms with Crippen molar-refractivity contribution < 1.29 is 9.90 Å². The van der Waals surface area contributed by atoms with Crippen molar-refractivity contribution in [2.45, 2.75) is 19.3 Å². The third kappa shape index (κ3) is 3.80. The van der Waals surface area contributed by atoms with Gasteiger partial charge < -0.3 is 10.8 Å². The van der Waals surface area contributed by atoms with Gasteiger partial charge in [0.2, 0.25) is 0 Å². The fourth-order valence-corrected chi connectivity index (χ4v) is 2.72. The monoisotopic (exact) mass is 337 g/mol. The van der Waals surface area contributed by atoms with Crippen molar-refractivity contribution in [2.75, 3.05) is 6.54 Å². The number of hydrogen-bond donors (Lipinski definition) is 2. The molecule has 0 aliphatic heterocycles. The Labute approximate surface area is 139 Å². The first-order valence-corrected chi connectivity index (χ1v) is 7.65. The first-order chi connectivity index (χ1) is 10.4. The smallest absolute Gasteiger partial charge is 0.304 e. The van der Waals surface area contributed by atoms with Crippen LogP contribution in [0.3, 0.4) is 0 Å². The van der Waals surface area contributed by atoms with Crippen molar-refractivity contribution in [3.8, 4) is 11.1 Å². The second-order valence-corrected chi connectivity index (χ2v) is 6.05. The number of carbonyl (C=O) groups is 1. The molecule has 22 heavy (non-hydrogen) atoms. The molecule has 116 valence electrons. The van der Waals surface area contributed by atoms with Gasteiger partial charge in [0.15, 0.2) is 0 Å². The average Bonchev–Trinajstić information content (AvgIpc) is 2.48. The Morgan fingerprint density at radius 3 is 2.45 bits per heavy atom. The lowest BCUT2D eigenvalue weighted by Gasteiger charge is -2.15. The maximum absolute atomic E-state index is 10.9. The van der Waals surface area contributed by atoms with Crippen LogP contribution in [0.1, 0.15) is 23.5 Å². The second kappa shape index (κ2) is 7.14. The highest BCUT2D eigenvalue weighted by molar-refractivity contribution is 6.33. The summed E-state index contributed by atoms with van der Waals surface area (Å²) in [7, 11) is 0. The minimum atomic E-state index is -0.866. The third-order valence-electron chi connectivity index (χ3n) is 3.64. The molecule has 1 atom stereocenters. The molecule has 5 heteroatoms. The van der Waals surface area contributed by atoms with Gasteiger partial charge in [-0.15, -0.1) is 0 Å². The van der Waals surface area contributed by atoms with E-state index < -0.39 is 5.97 Å². The SMILES string of the molecule is Cc1cc(-c2cc([C@H](CN)CC(=O)O)ccc2Cl)ccc1Cl. The van der Waals surface area contributed by atoms with Gasteiger partial charge in [-0.1, -0.05) is 35.3 Å². The molecule has 0 spiro atoms. The summed E-state index contributed by atoms with van der Waals surface area (Å²) < 4.78 is 0. The Morgan fingerprint density at radius 2 is 1.86 bits per heavy atom. The predicted molar refractivity (Wildman–Crippen MR) is 90.7 cm³/mol. The van der Waals surface area contributed by atoms with Crippen molar-refractivity contribution >= 4 is 29.2 Å². The molecule has 2 aromatic rings. The molecule has 0 heterocycles. The molecule has 3 N–H and O–H groups in total. The van der Waals surface area contributed by atoms with E-state index in [1.165, 1.54) is 0 Å². The Hall–Kier alpha value is -1.55. The molecule has 2 aromatic carbocycles. The van der Waals surface area contributed by atoms with Gasteiger partial charge in [0, 0.05) is 21.5 Å². The van der Waals surface area contributed by atoms with Gasteiger partial charge in [0.1, 0.15) is 0 Å². The maximum Gasteiger partial charge on any atom is 0.304 e. The molecule has 0 aliphatic rings. The third-order valence-corrected chi connectivity index (χ3v) is 4.39. The van der Waals surface area contributed by atoms with Gasteiger partial charge in [-0.05, 0) is 54.4 Å². The van der Waals surface area contributed by atoms with Crippen LogP contribution >= 0.6 is 23.2 Å². The van der Waals surface area contributed by atoms with Gasteiger partial charge >= 0.3 is 5.97 Å². The van der Waals surface area contributed by atoms with Crippen LogP contribution in [0.2, 0.25) is 10.0 Å². The number of rotatable bonds is 5. The van der Waals surface area contributed by atoms with E-state index in [0.29, 0.717) is 10.0 Å². The van der Waals surface area contributed by atoms with Crippen LogP contribution in [0.25, 0.3) is 11.1 Å². The summed E-state index contributed by atoms with van der Waals surface area (Å²) in [5.74, 6) is -1.10. The van der Waals surface area contributed by atoms with Gasteiger partial charge in [-0.25, -0.2) is 0 Å². The molecule has 0 amide bonds. The number of carboxylic acids is 1. The van der Waals surface area contributed by atoms with Crippen LogP contribution in [0.5, 0.6) is 0 Å². The molecule has 0 saturated heterocycles. The van der Waals surface area contributed by atoms with E-state index in [0.717, 1.165) is 22.3 Å². The lowest BCUT2D eigenvalue weighted by molar-refractivity contribution is -0.137. The highest BCUT2D eigenvalue weighted by atomic mass is 35.5. The van der Waals surface area contributed by atoms with Crippen LogP contribution in [0.15, 0.2) is 36.4 Å². The van der Waals surface area contributed by atoms with Crippen LogP contribution in [-0.2, 0) is 4.79 Å². The minimum absolute atomic E-state index is 0.00276. The fourth-order valence-electron chi connectivity index (χ4n) is 2.38. The van der Waals surface area contributed by atoms with Gasteiger partial charge in [-0.3, -0.25) is 4.79 Å². The summed E-state index contributed by atoms with van der Waals surface area (Å²) in [6.07, 6.45) is -0.00276. The van der Waals surface area contributed by atoms with Gasteiger partial charge in [0.25, 0.3) is 0 Å². The van der Waals surface area contributed by atoms with Crippen molar-refractivity contribution in [3.05, 3.63) is 57.6 Å². The first-order valence-electron chi connectivity index (χ1n) is 6.90. The Bertz CT molecular complexity index is 701. The maximum atomic E-state index is 10.9.